The van der Waals surface area contributed by atoms with Gasteiger partial charge >= 0.3 is 6.36 Å². The summed E-state index contributed by atoms with van der Waals surface area (Å²) in [6.45, 7) is 6.12. The van der Waals surface area contributed by atoms with Gasteiger partial charge in [-0.3, -0.25) is 14.5 Å². The molecule has 1 saturated heterocycles. The number of hydrogen-bond donors (Lipinski definition) is 0. The molecule has 2 aromatic carbocycles. The van der Waals surface area contributed by atoms with Crippen LogP contribution in [0, 0.1) is 12.8 Å². The van der Waals surface area contributed by atoms with E-state index in [-0.39, 0.29) is 30.7 Å². The summed E-state index contributed by atoms with van der Waals surface area (Å²) in [6.07, 6.45) is -4.88. The van der Waals surface area contributed by atoms with Crippen molar-refractivity contribution in [2.45, 2.75) is 39.1 Å². The highest BCUT2D eigenvalue weighted by Gasteiger charge is 2.52. The van der Waals surface area contributed by atoms with Gasteiger partial charge in [0.05, 0.1) is 24.3 Å². The molecule has 9 nitrogen and oxygen atoms in total. The number of anilines is 1. The van der Waals surface area contributed by atoms with E-state index in [0.717, 1.165) is 17.7 Å². The van der Waals surface area contributed by atoms with Crippen molar-refractivity contribution in [3.63, 3.8) is 0 Å². The zero-order valence-electron chi connectivity index (χ0n) is 22.9. The highest BCUT2D eigenvalue weighted by atomic mass is 19.4. The van der Waals surface area contributed by atoms with E-state index in [1.165, 1.54) is 24.1 Å². The second kappa shape index (κ2) is 12.5. The summed E-state index contributed by atoms with van der Waals surface area (Å²) in [5, 5.41) is 12.4. The van der Waals surface area contributed by atoms with Crippen molar-refractivity contribution in [3.05, 3.63) is 83.0 Å². The van der Waals surface area contributed by atoms with Gasteiger partial charge < -0.3 is 14.3 Å². The van der Waals surface area contributed by atoms with Gasteiger partial charge in [0.2, 0.25) is 5.78 Å². The minimum absolute atomic E-state index is 0.0836. The van der Waals surface area contributed by atoms with Crippen molar-refractivity contribution >= 4 is 23.2 Å². The molecule has 3 aromatic rings. The van der Waals surface area contributed by atoms with Crippen LogP contribution in [0.25, 0.3) is 0 Å². The lowest BCUT2D eigenvalue weighted by atomic mass is 9.85. The number of aryl methyl sites for hydroxylation is 1. The predicted molar refractivity (Wildman–Crippen MR) is 144 cm³/mol. The number of hydrogen-bond acceptors (Lipinski definition) is 8. The average molecular weight is 571 g/mol. The van der Waals surface area contributed by atoms with Crippen LogP contribution in [0.4, 0.5) is 19.0 Å². The summed E-state index contributed by atoms with van der Waals surface area (Å²) in [6, 6.07) is 14.5. The van der Waals surface area contributed by atoms with Crippen molar-refractivity contribution in [2.75, 3.05) is 25.2 Å². The Balaban J connectivity index is 1.85. The first-order valence-corrected chi connectivity index (χ1v) is 12.8. The lowest BCUT2D eigenvalue weighted by Crippen LogP contribution is -2.32. The third-order valence-electron chi connectivity index (χ3n) is 6.50. The largest absolute Gasteiger partial charge is 0.573 e. The number of halogens is 3. The molecule has 2 atom stereocenters. The molecule has 12 heteroatoms. The van der Waals surface area contributed by atoms with Crippen LogP contribution in [-0.4, -0.2) is 54.3 Å². The maximum Gasteiger partial charge on any atom is 0.573 e. The first-order valence-electron chi connectivity index (χ1n) is 12.8. The average Bonchev–Trinajstić information content (AvgIpc) is 3.19. The van der Waals surface area contributed by atoms with E-state index in [4.69, 9.17) is 9.57 Å². The number of methoxy groups -OCH3 is 1. The van der Waals surface area contributed by atoms with Gasteiger partial charge in [-0.05, 0) is 48.2 Å². The molecule has 1 amide bonds. The molecule has 2 heterocycles. The number of benzene rings is 2. The molecule has 0 N–H and O–H groups in total. The summed E-state index contributed by atoms with van der Waals surface area (Å²) >= 11 is 0. The molecule has 0 radical (unpaired) electrons. The van der Waals surface area contributed by atoms with Gasteiger partial charge in [0.1, 0.15) is 18.1 Å². The number of carbonyl (C=O) groups excluding carboxylic acids is 2. The van der Waals surface area contributed by atoms with Gasteiger partial charge in [-0.15, -0.1) is 18.3 Å². The SMILES string of the molecule is COCCON=C(c1ccc(C(C)C)cc1)C1C(=O)C(=O)N(c2ccc(C)nn2)C1c1ccc(OC(F)(F)F)cc1. The summed E-state index contributed by atoms with van der Waals surface area (Å²) < 4.78 is 47.4. The monoisotopic (exact) mass is 570 g/mol. The van der Waals surface area contributed by atoms with Crippen LogP contribution in [0.3, 0.4) is 0 Å². The molecule has 0 saturated carbocycles. The normalized spacial score (nSPS) is 17.9. The smallest absolute Gasteiger partial charge is 0.406 e. The number of nitrogens with zero attached hydrogens (tertiary/aromatic N) is 4. The zero-order valence-corrected chi connectivity index (χ0v) is 22.9. The minimum atomic E-state index is -4.88. The van der Waals surface area contributed by atoms with Crippen molar-refractivity contribution in [3.8, 4) is 5.75 Å². The molecular weight excluding hydrogens is 541 g/mol. The van der Waals surface area contributed by atoms with Crippen molar-refractivity contribution < 1.29 is 37.1 Å². The van der Waals surface area contributed by atoms with Crippen LogP contribution in [0.2, 0.25) is 0 Å². The van der Waals surface area contributed by atoms with Crippen LogP contribution < -0.4 is 9.64 Å². The number of alkyl halides is 3. The molecule has 1 aliphatic rings. The van der Waals surface area contributed by atoms with Gasteiger partial charge in [-0.2, -0.15) is 5.10 Å². The maximum absolute atomic E-state index is 13.7. The van der Waals surface area contributed by atoms with Crippen LogP contribution in [0.1, 0.15) is 48.2 Å². The predicted octanol–water partition coefficient (Wildman–Crippen LogP) is 5.15. The number of carbonyl (C=O) groups is 2. The van der Waals surface area contributed by atoms with E-state index in [2.05, 4.69) is 20.1 Å². The Morgan fingerprint density at radius 2 is 1.66 bits per heavy atom. The Kier molecular flexibility index (Phi) is 9.01. The molecule has 0 spiro atoms. The number of ketones is 1. The van der Waals surface area contributed by atoms with E-state index in [1.54, 1.807) is 31.2 Å². The third-order valence-corrected chi connectivity index (χ3v) is 6.50. The van der Waals surface area contributed by atoms with Crippen molar-refractivity contribution in [2.24, 2.45) is 11.1 Å². The van der Waals surface area contributed by atoms with E-state index in [9.17, 15) is 22.8 Å². The third kappa shape index (κ3) is 6.88. The molecule has 1 aliphatic heterocycles. The van der Waals surface area contributed by atoms with E-state index in [0.29, 0.717) is 16.8 Å². The molecule has 2 unspecified atom stereocenters. The quantitative estimate of drug-likeness (QED) is 0.144. The Bertz CT molecular complexity index is 1390. The molecule has 41 heavy (non-hydrogen) atoms. The highest BCUT2D eigenvalue weighted by Crippen LogP contribution is 2.41. The van der Waals surface area contributed by atoms with E-state index >= 15 is 0 Å². The van der Waals surface area contributed by atoms with Crippen LogP contribution in [0.5, 0.6) is 5.75 Å². The van der Waals surface area contributed by atoms with E-state index < -0.39 is 35.8 Å². The van der Waals surface area contributed by atoms with Gasteiger partial charge in [0, 0.05) is 12.7 Å². The summed E-state index contributed by atoms with van der Waals surface area (Å²) in [7, 11) is 1.50. The molecule has 1 aromatic heterocycles. The Labute approximate surface area is 234 Å². The summed E-state index contributed by atoms with van der Waals surface area (Å²) in [4.78, 5) is 33.9. The summed E-state index contributed by atoms with van der Waals surface area (Å²) in [5.74, 6) is -2.93. The molecule has 0 bridgehead atoms. The second-order valence-corrected chi connectivity index (χ2v) is 9.69. The number of ether oxygens (including phenoxy) is 2. The fourth-order valence-corrected chi connectivity index (χ4v) is 4.48. The number of Topliss-reactive ketones (excluding diaryl/α,β-unsaturated/α-hetero) is 1. The number of amides is 1. The second-order valence-electron chi connectivity index (χ2n) is 9.69. The molecule has 1 fully saturated rings. The standard InChI is InChI=1S/C29H29F3N4O5/c1-17(2)19-6-8-20(9-7-19)25(35-40-16-15-39-4)24-26(21-10-12-22(13-11-21)41-29(30,31)32)36(28(38)27(24)37)23-14-5-18(3)33-34-23/h5-14,17,24,26H,15-16H2,1-4H3. The Morgan fingerprint density at radius 3 is 2.22 bits per heavy atom. The van der Waals surface area contributed by atoms with E-state index in [1.807, 2.05) is 26.0 Å². The topological polar surface area (TPSA) is 103 Å². The number of aromatic nitrogens is 2. The maximum atomic E-state index is 13.7. The first kappa shape index (κ1) is 29.7. The fraction of sp³-hybridized carbons (Fsp3) is 0.345. The van der Waals surface area contributed by atoms with Gasteiger partial charge in [0.15, 0.2) is 5.82 Å². The van der Waals surface area contributed by atoms with Gasteiger partial charge in [-0.25, -0.2) is 0 Å². The number of rotatable bonds is 10. The highest BCUT2D eigenvalue weighted by molar-refractivity contribution is 6.49. The zero-order chi connectivity index (χ0) is 29.7. The Morgan fingerprint density at radius 1 is 0.976 bits per heavy atom. The van der Waals surface area contributed by atoms with Crippen molar-refractivity contribution in [1.29, 1.82) is 0 Å². The molecule has 4 rings (SSSR count). The van der Waals surface area contributed by atoms with Crippen molar-refractivity contribution in [1.82, 2.24) is 10.2 Å². The van der Waals surface area contributed by atoms with Crippen LogP contribution in [-0.2, 0) is 19.2 Å². The lowest BCUT2D eigenvalue weighted by Gasteiger charge is -2.27. The fourth-order valence-electron chi connectivity index (χ4n) is 4.48. The first-order chi connectivity index (χ1) is 19.5. The molecule has 0 aliphatic carbocycles. The van der Waals surface area contributed by atoms with Crippen LogP contribution in [0.15, 0.2) is 65.8 Å². The molecule has 216 valence electrons. The molecular formula is C29H29F3N4O5. The number of oxime groups is 1. The Hall–Kier alpha value is -4.32. The van der Waals surface area contributed by atoms with Gasteiger partial charge in [0.25, 0.3) is 5.91 Å². The minimum Gasteiger partial charge on any atom is -0.406 e. The lowest BCUT2D eigenvalue weighted by molar-refractivity contribution is -0.274. The van der Waals surface area contributed by atoms with Gasteiger partial charge in [-0.1, -0.05) is 55.4 Å². The summed E-state index contributed by atoms with van der Waals surface area (Å²) in [5.41, 5.74) is 2.72. The van der Waals surface area contributed by atoms with Crippen LogP contribution >= 0.6 is 0 Å².